The minimum absolute atomic E-state index is 0.682. The lowest BCUT2D eigenvalue weighted by molar-refractivity contribution is 0.562. The van der Waals surface area contributed by atoms with E-state index in [-0.39, 0.29) is 0 Å². The fourth-order valence-electron chi connectivity index (χ4n) is 2.06. The first-order chi connectivity index (χ1) is 7.09. The monoisotopic (exact) mass is 204 g/mol. The van der Waals surface area contributed by atoms with Crippen molar-refractivity contribution in [3.05, 3.63) is 35.5 Å². The van der Waals surface area contributed by atoms with Crippen LogP contribution in [0.25, 0.3) is 0 Å². The molecule has 1 rings (SSSR count). The molecule has 0 spiro atoms. The molecule has 0 saturated heterocycles. The van der Waals surface area contributed by atoms with E-state index in [0.717, 1.165) is 0 Å². The molecule has 0 aromatic heterocycles. The summed E-state index contributed by atoms with van der Waals surface area (Å²) in [6.07, 6.45) is 10.9. The molecule has 1 aliphatic carbocycles. The van der Waals surface area contributed by atoms with Crippen LogP contribution in [-0.2, 0) is 0 Å². The average molecular weight is 204 g/mol. The zero-order chi connectivity index (χ0) is 11.3. The van der Waals surface area contributed by atoms with Gasteiger partial charge in [-0.2, -0.15) is 0 Å². The molecule has 0 saturated carbocycles. The van der Waals surface area contributed by atoms with E-state index in [1.54, 1.807) is 5.57 Å². The Kier molecular flexibility index (Phi) is 4.87. The van der Waals surface area contributed by atoms with Crippen molar-refractivity contribution in [3.8, 4) is 0 Å². The molecule has 0 nitrogen and oxygen atoms in total. The summed E-state index contributed by atoms with van der Waals surface area (Å²) in [5, 5.41) is 0. The minimum Gasteiger partial charge on any atom is -0.0998 e. The molecular weight excluding hydrogens is 180 g/mol. The van der Waals surface area contributed by atoms with E-state index in [9.17, 15) is 0 Å². The fourth-order valence-corrected chi connectivity index (χ4v) is 2.06. The summed E-state index contributed by atoms with van der Waals surface area (Å²) in [5.41, 5.74) is 4.43. The molecule has 0 fully saturated rings. The summed E-state index contributed by atoms with van der Waals surface area (Å²) in [7, 11) is 0. The maximum absolute atomic E-state index is 4.11. The topological polar surface area (TPSA) is 0 Å². The van der Waals surface area contributed by atoms with Gasteiger partial charge in [-0.05, 0) is 58.8 Å². The van der Waals surface area contributed by atoms with Gasteiger partial charge in [0.25, 0.3) is 0 Å². The number of hydrogen-bond donors (Lipinski definition) is 0. The van der Waals surface area contributed by atoms with Crippen LogP contribution in [0, 0.1) is 5.92 Å². The van der Waals surface area contributed by atoms with Crippen molar-refractivity contribution in [1.82, 2.24) is 0 Å². The van der Waals surface area contributed by atoms with Crippen LogP contribution in [0.4, 0.5) is 0 Å². The Morgan fingerprint density at radius 2 is 1.87 bits per heavy atom. The zero-order valence-corrected chi connectivity index (χ0v) is 10.5. The highest BCUT2D eigenvalue weighted by Gasteiger charge is 2.09. The van der Waals surface area contributed by atoms with E-state index in [2.05, 4.69) is 39.5 Å². The first kappa shape index (κ1) is 12.3. The molecule has 0 heterocycles. The molecule has 0 aromatic rings. The Bertz CT molecular complexity index is 278. The van der Waals surface area contributed by atoms with Crippen LogP contribution in [0.5, 0.6) is 0 Å². The molecule has 0 amide bonds. The first-order valence-electron chi connectivity index (χ1n) is 6.06. The van der Waals surface area contributed by atoms with Crippen molar-refractivity contribution >= 4 is 0 Å². The highest BCUT2D eigenvalue weighted by atomic mass is 14.1. The average Bonchev–Trinajstić information content (AvgIpc) is 2.16. The van der Waals surface area contributed by atoms with Crippen LogP contribution in [-0.4, -0.2) is 0 Å². The highest BCUT2D eigenvalue weighted by Crippen LogP contribution is 2.25. The Labute approximate surface area is 94.8 Å². The van der Waals surface area contributed by atoms with Crippen LogP contribution in [0.2, 0.25) is 0 Å². The molecule has 1 aliphatic rings. The summed E-state index contributed by atoms with van der Waals surface area (Å²) < 4.78 is 0. The van der Waals surface area contributed by atoms with Crippen LogP contribution in [0.1, 0.15) is 52.9 Å². The standard InChI is InChI=1S/C15H24/c1-12(2)15-10-8-13(3)6-5-7-14(4)9-11-15/h6,9,15H,1,5,7-8,10-11H2,2-4H3/t15-/m0/s1. The van der Waals surface area contributed by atoms with E-state index in [1.165, 1.54) is 43.3 Å². The number of allylic oxidation sites excluding steroid dienone is 5. The zero-order valence-electron chi connectivity index (χ0n) is 10.5. The van der Waals surface area contributed by atoms with Crippen molar-refractivity contribution in [3.63, 3.8) is 0 Å². The van der Waals surface area contributed by atoms with Gasteiger partial charge in [0.2, 0.25) is 0 Å². The number of rotatable bonds is 1. The lowest BCUT2D eigenvalue weighted by Gasteiger charge is -2.17. The maximum Gasteiger partial charge on any atom is -0.0171 e. The molecule has 0 aliphatic heterocycles. The SMILES string of the molecule is C=C(C)[C@@H]1CC=C(C)CCC=C(C)CC1. The van der Waals surface area contributed by atoms with Crippen LogP contribution in [0.3, 0.4) is 0 Å². The minimum atomic E-state index is 0.682. The van der Waals surface area contributed by atoms with E-state index < -0.39 is 0 Å². The Morgan fingerprint density at radius 1 is 1.20 bits per heavy atom. The summed E-state index contributed by atoms with van der Waals surface area (Å²) in [4.78, 5) is 0. The fraction of sp³-hybridized carbons (Fsp3) is 0.600. The Morgan fingerprint density at radius 3 is 2.53 bits per heavy atom. The third kappa shape index (κ3) is 4.51. The van der Waals surface area contributed by atoms with Crippen molar-refractivity contribution in [2.45, 2.75) is 52.9 Å². The largest absolute Gasteiger partial charge is 0.0998 e. The van der Waals surface area contributed by atoms with E-state index in [0.29, 0.717) is 5.92 Å². The number of hydrogen-bond acceptors (Lipinski definition) is 0. The molecular formula is C15H24. The van der Waals surface area contributed by atoms with Crippen molar-refractivity contribution < 1.29 is 0 Å². The molecule has 1 atom stereocenters. The van der Waals surface area contributed by atoms with Crippen LogP contribution >= 0.6 is 0 Å². The normalized spacial score (nSPS) is 24.1. The predicted molar refractivity (Wildman–Crippen MR) is 68.9 cm³/mol. The van der Waals surface area contributed by atoms with Gasteiger partial charge < -0.3 is 0 Å². The lowest BCUT2D eigenvalue weighted by Crippen LogP contribution is -2.02. The van der Waals surface area contributed by atoms with Crippen LogP contribution < -0.4 is 0 Å². The van der Waals surface area contributed by atoms with Crippen LogP contribution in [0.15, 0.2) is 35.5 Å². The molecule has 0 bridgehead atoms. The quantitative estimate of drug-likeness (QED) is 0.525. The van der Waals surface area contributed by atoms with Gasteiger partial charge in [0.05, 0.1) is 0 Å². The van der Waals surface area contributed by atoms with Gasteiger partial charge in [-0.3, -0.25) is 0 Å². The third-order valence-corrected chi connectivity index (χ3v) is 3.37. The van der Waals surface area contributed by atoms with Gasteiger partial charge in [0.15, 0.2) is 0 Å². The first-order valence-corrected chi connectivity index (χ1v) is 6.06. The Hall–Kier alpha value is -0.780. The van der Waals surface area contributed by atoms with Gasteiger partial charge in [-0.1, -0.05) is 35.5 Å². The van der Waals surface area contributed by atoms with Gasteiger partial charge in [0, 0.05) is 0 Å². The maximum atomic E-state index is 4.11. The second kappa shape index (κ2) is 5.95. The van der Waals surface area contributed by atoms with Crippen molar-refractivity contribution in [1.29, 1.82) is 0 Å². The van der Waals surface area contributed by atoms with Crippen molar-refractivity contribution in [2.24, 2.45) is 5.92 Å². The highest BCUT2D eigenvalue weighted by molar-refractivity contribution is 5.09. The van der Waals surface area contributed by atoms with Gasteiger partial charge in [-0.15, -0.1) is 0 Å². The summed E-state index contributed by atoms with van der Waals surface area (Å²) in [6.45, 7) is 10.8. The van der Waals surface area contributed by atoms with E-state index in [1.807, 2.05) is 0 Å². The van der Waals surface area contributed by atoms with Gasteiger partial charge in [-0.25, -0.2) is 0 Å². The summed E-state index contributed by atoms with van der Waals surface area (Å²) in [5.74, 6) is 0.682. The molecule has 0 N–H and O–H groups in total. The molecule has 0 heteroatoms. The van der Waals surface area contributed by atoms with Crippen molar-refractivity contribution in [2.75, 3.05) is 0 Å². The predicted octanol–water partition coefficient (Wildman–Crippen LogP) is 5.04. The molecule has 0 radical (unpaired) electrons. The van der Waals surface area contributed by atoms with E-state index >= 15 is 0 Å². The Balaban J connectivity index is 2.70. The smallest absolute Gasteiger partial charge is 0.0171 e. The summed E-state index contributed by atoms with van der Waals surface area (Å²) >= 11 is 0. The second-order valence-electron chi connectivity index (χ2n) is 4.96. The van der Waals surface area contributed by atoms with Gasteiger partial charge in [0.1, 0.15) is 0 Å². The summed E-state index contributed by atoms with van der Waals surface area (Å²) in [6, 6.07) is 0. The molecule has 0 unspecified atom stereocenters. The third-order valence-electron chi connectivity index (χ3n) is 3.37. The van der Waals surface area contributed by atoms with Gasteiger partial charge >= 0.3 is 0 Å². The molecule has 15 heavy (non-hydrogen) atoms. The molecule has 0 aromatic carbocycles. The second-order valence-corrected chi connectivity index (χ2v) is 4.96. The van der Waals surface area contributed by atoms with E-state index in [4.69, 9.17) is 0 Å². The molecule has 84 valence electrons. The lowest BCUT2D eigenvalue weighted by atomic mass is 9.89.